The van der Waals surface area contributed by atoms with E-state index in [4.69, 9.17) is 9.47 Å². The molecule has 0 radical (unpaired) electrons. The van der Waals surface area contributed by atoms with Crippen LogP contribution in [-0.2, 0) is 11.2 Å². The van der Waals surface area contributed by atoms with Crippen molar-refractivity contribution < 1.29 is 19.4 Å². The maximum absolute atomic E-state index is 11.3. The monoisotopic (exact) mass is 324 g/mol. The van der Waals surface area contributed by atoms with Gasteiger partial charge in [0.05, 0.1) is 12.5 Å². The van der Waals surface area contributed by atoms with Crippen LogP contribution in [0.1, 0.15) is 32.3 Å². The second-order valence-corrected chi connectivity index (χ2v) is 7.46. The van der Waals surface area contributed by atoms with Crippen molar-refractivity contribution in [2.75, 3.05) is 18.6 Å². The van der Waals surface area contributed by atoms with Gasteiger partial charge in [0.15, 0.2) is 11.5 Å². The first kappa shape index (κ1) is 17.0. The lowest BCUT2D eigenvalue weighted by molar-refractivity contribution is -0.146. The fraction of sp³-hybridized carbons (Fsp3) is 0.588. The normalized spacial score (nSPS) is 18.8. The van der Waals surface area contributed by atoms with Gasteiger partial charge in [-0.15, -0.1) is 0 Å². The average Bonchev–Trinajstić information content (AvgIpc) is 2.49. The molecule has 0 saturated carbocycles. The molecule has 1 N–H and O–H groups in total. The number of ether oxygens (including phenoxy) is 2. The predicted octanol–water partition coefficient (Wildman–Crippen LogP) is 3.62. The lowest BCUT2D eigenvalue weighted by atomic mass is 9.86. The number of methoxy groups -OCH3 is 1. The molecule has 1 aliphatic rings. The third-order valence-electron chi connectivity index (χ3n) is 3.87. The molecule has 1 aliphatic heterocycles. The first-order valence-corrected chi connectivity index (χ1v) is 8.72. The van der Waals surface area contributed by atoms with Crippen LogP contribution in [0.4, 0.5) is 0 Å². The molecule has 0 spiro atoms. The minimum Gasteiger partial charge on any atom is -0.493 e. The molecule has 0 amide bonds. The smallest absolute Gasteiger partial charge is 0.309 e. The van der Waals surface area contributed by atoms with Crippen LogP contribution in [0.5, 0.6) is 11.5 Å². The Morgan fingerprint density at radius 3 is 2.77 bits per heavy atom. The Labute approximate surface area is 136 Å². The van der Waals surface area contributed by atoms with E-state index in [1.807, 2.05) is 30.0 Å². The molecule has 22 heavy (non-hydrogen) atoms. The highest BCUT2D eigenvalue weighted by atomic mass is 32.2. The summed E-state index contributed by atoms with van der Waals surface area (Å²) >= 11 is 1.92. The van der Waals surface area contributed by atoms with Crippen LogP contribution in [0, 0.1) is 5.41 Å². The molecule has 1 aromatic carbocycles. The van der Waals surface area contributed by atoms with Crippen molar-refractivity contribution in [3.63, 3.8) is 0 Å². The molecule has 5 heteroatoms. The van der Waals surface area contributed by atoms with Crippen LogP contribution < -0.4 is 9.47 Å². The Morgan fingerprint density at radius 1 is 1.41 bits per heavy atom. The fourth-order valence-electron chi connectivity index (χ4n) is 2.49. The molecule has 1 unspecified atom stereocenters. The fourth-order valence-corrected chi connectivity index (χ4v) is 3.52. The number of aliphatic carboxylic acids is 1. The molecule has 0 bridgehead atoms. The molecule has 122 valence electrons. The van der Waals surface area contributed by atoms with Crippen LogP contribution >= 0.6 is 11.8 Å². The number of carboxylic acids is 1. The van der Waals surface area contributed by atoms with Crippen molar-refractivity contribution in [2.24, 2.45) is 5.41 Å². The van der Waals surface area contributed by atoms with Crippen molar-refractivity contribution >= 4 is 17.7 Å². The summed E-state index contributed by atoms with van der Waals surface area (Å²) in [5.41, 5.74) is 0.141. The summed E-state index contributed by atoms with van der Waals surface area (Å²) in [5.74, 6) is 2.84. The molecular formula is C17H24O4S. The highest BCUT2D eigenvalue weighted by Crippen LogP contribution is 2.33. The molecule has 1 heterocycles. The molecule has 0 aromatic heterocycles. The van der Waals surface area contributed by atoms with Gasteiger partial charge >= 0.3 is 5.97 Å². The third-order valence-corrected chi connectivity index (χ3v) is 5.05. The molecule has 4 nitrogen and oxygen atoms in total. The van der Waals surface area contributed by atoms with Crippen LogP contribution in [0.15, 0.2) is 18.2 Å². The zero-order chi connectivity index (χ0) is 16.2. The van der Waals surface area contributed by atoms with E-state index in [0.29, 0.717) is 12.2 Å². The summed E-state index contributed by atoms with van der Waals surface area (Å²) in [5, 5.41) is 9.24. The van der Waals surface area contributed by atoms with E-state index in [2.05, 4.69) is 0 Å². The molecular weight excluding hydrogens is 300 g/mol. The zero-order valence-corrected chi connectivity index (χ0v) is 14.2. The number of hydrogen-bond donors (Lipinski definition) is 1. The van der Waals surface area contributed by atoms with E-state index in [9.17, 15) is 9.90 Å². The molecule has 1 atom stereocenters. The number of hydrogen-bond acceptors (Lipinski definition) is 4. The van der Waals surface area contributed by atoms with E-state index in [0.717, 1.165) is 23.5 Å². The van der Waals surface area contributed by atoms with Crippen LogP contribution in [-0.4, -0.2) is 35.8 Å². The molecule has 0 aliphatic carbocycles. The summed E-state index contributed by atoms with van der Waals surface area (Å²) in [4.78, 5) is 11.3. The molecule has 1 aromatic rings. The van der Waals surface area contributed by atoms with Gasteiger partial charge < -0.3 is 14.6 Å². The maximum atomic E-state index is 11.3. The van der Waals surface area contributed by atoms with Crippen LogP contribution in [0.3, 0.4) is 0 Å². The standard InChI is InChI=1S/C17H24O4S/c1-17(2,16(18)19)10-12-6-7-14(15(9-12)20-3)21-13-5-4-8-22-11-13/h6-7,9,13H,4-5,8,10-11H2,1-3H3,(H,18,19). The molecule has 1 fully saturated rings. The van der Waals surface area contributed by atoms with E-state index in [1.54, 1.807) is 21.0 Å². The zero-order valence-electron chi connectivity index (χ0n) is 13.4. The SMILES string of the molecule is COc1cc(CC(C)(C)C(=O)O)ccc1OC1CCCSC1. The Kier molecular flexibility index (Phi) is 5.62. The minimum absolute atomic E-state index is 0.231. The quantitative estimate of drug-likeness (QED) is 0.866. The van der Waals surface area contributed by atoms with Crippen molar-refractivity contribution in [2.45, 2.75) is 39.2 Å². The number of thioether (sulfide) groups is 1. The Hall–Kier alpha value is -1.36. The summed E-state index contributed by atoms with van der Waals surface area (Å²) in [7, 11) is 1.62. The highest BCUT2D eigenvalue weighted by molar-refractivity contribution is 7.99. The Morgan fingerprint density at radius 2 is 2.18 bits per heavy atom. The summed E-state index contributed by atoms with van der Waals surface area (Å²) in [6, 6.07) is 5.71. The van der Waals surface area contributed by atoms with Gasteiger partial charge in [0.1, 0.15) is 6.10 Å². The Balaban J connectivity index is 2.11. The molecule has 1 saturated heterocycles. The van der Waals surface area contributed by atoms with Gasteiger partial charge in [-0.25, -0.2) is 0 Å². The minimum atomic E-state index is -0.800. The van der Waals surface area contributed by atoms with Gasteiger partial charge in [0.25, 0.3) is 0 Å². The average molecular weight is 324 g/mol. The van der Waals surface area contributed by atoms with Gasteiger partial charge in [-0.2, -0.15) is 11.8 Å². The second-order valence-electron chi connectivity index (χ2n) is 6.31. The van der Waals surface area contributed by atoms with Gasteiger partial charge in [-0.05, 0) is 56.6 Å². The summed E-state index contributed by atoms with van der Waals surface area (Å²) < 4.78 is 11.5. The van der Waals surface area contributed by atoms with Crippen molar-refractivity contribution in [3.05, 3.63) is 23.8 Å². The van der Waals surface area contributed by atoms with E-state index < -0.39 is 11.4 Å². The van der Waals surface area contributed by atoms with E-state index in [1.165, 1.54) is 12.2 Å². The van der Waals surface area contributed by atoms with E-state index >= 15 is 0 Å². The highest BCUT2D eigenvalue weighted by Gasteiger charge is 2.28. The van der Waals surface area contributed by atoms with Crippen molar-refractivity contribution in [3.8, 4) is 11.5 Å². The number of carboxylic acid groups (broad SMARTS) is 1. The van der Waals surface area contributed by atoms with Gasteiger partial charge in [0.2, 0.25) is 0 Å². The first-order valence-electron chi connectivity index (χ1n) is 7.57. The third kappa shape index (κ3) is 4.32. The Bertz CT molecular complexity index is 521. The van der Waals surface area contributed by atoms with Gasteiger partial charge in [0, 0.05) is 5.75 Å². The van der Waals surface area contributed by atoms with Crippen LogP contribution in [0.2, 0.25) is 0 Å². The number of rotatable bonds is 6. The number of carbonyl (C=O) groups is 1. The lowest BCUT2D eigenvalue weighted by Crippen LogP contribution is -2.26. The van der Waals surface area contributed by atoms with E-state index in [-0.39, 0.29) is 6.10 Å². The van der Waals surface area contributed by atoms with Gasteiger partial charge in [-0.1, -0.05) is 6.07 Å². The summed E-state index contributed by atoms with van der Waals surface area (Å²) in [6.07, 6.45) is 2.94. The number of benzene rings is 1. The lowest BCUT2D eigenvalue weighted by Gasteiger charge is -2.24. The summed E-state index contributed by atoms with van der Waals surface area (Å²) in [6.45, 7) is 3.46. The predicted molar refractivity (Wildman–Crippen MR) is 89.1 cm³/mol. The first-order chi connectivity index (χ1) is 10.4. The molecule has 2 rings (SSSR count). The van der Waals surface area contributed by atoms with Crippen molar-refractivity contribution in [1.82, 2.24) is 0 Å². The topological polar surface area (TPSA) is 55.8 Å². The largest absolute Gasteiger partial charge is 0.493 e. The second kappa shape index (κ2) is 7.27. The van der Waals surface area contributed by atoms with Gasteiger partial charge in [-0.3, -0.25) is 4.79 Å². The maximum Gasteiger partial charge on any atom is 0.309 e. The van der Waals surface area contributed by atoms with Crippen molar-refractivity contribution in [1.29, 1.82) is 0 Å². The van der Waals surface area contributed by atoms with Crippen LogP contribution in [0.25, 0.3) is 0 Å².